The molecule has 0 aliphatic carbocycles. The van der Waals surface area contributed by atoms with Crippen LogP contribution >= 0.6 is 12.4 Å². The van der Waals surface area contributed by atoms with E-state index in [4.69, 9.17) is 19.9 Å². The molecule has 0 saturated carbocycles. The highest BCUT2D eigenvalue weighted by molar-refractivity contribution is 5.96. The number of rotatable bonds is 7. The molecule has 130 valence electrons. The quantitative estimate of drug-likeness (QED) is 0.784. The maximum atomic E-state index is 13.4. The van der Waals surface area contributed by atoms with Gasteiger partial charge in [0.05, 0.1) is 18.4 Å². The standard InChI is InChI=1S/C15H21FN2O4.ClH/c1-20-9-12(17)15(19)18-13-7-10(16)4-5-14(13)22-8-11-3-2-6-21-11;/h4-5,7,11-12H,2-3,6,8-9,17H2,1H3,(H,18,19);1H. The Morgan fingerprint density at radius 2 is 2.35 bits per heavy atom. The van der Waals surface area contributed by atoms with E-state index < -0.39 is 17.8 Å². The van der Waals surface area contributed by atoms with Crippen LogP contribution < -0.4 is 15.8 Å². The summed E-state index contributed by atoms with van der Waals surface area (Å²) in [5.74, 6) is -0.552. The lowest BCUT2D eigenvalue weighted by Crippen LogP contribution is -2.39. The van der Waals surface area contributed by atoms with Crippen molar-refractivity contribution in [2.45, 2.75) is 25.0 Å². The fourth-order valence-electron chi connectivity index (χ4n) is 2.16. The third-order valence-corrected chi connectivity index (χ3v) is 3.33. The van der Waals surface area contributed by atoms with Gasteiger partial charge in [-0.25, -0.2) is 4.39 Å². The van der Waals surface area contributed by atoms with Crippen molar-refractivity contribution in [1.29, 1.82) is 0 Å². The average molecular weight is 349 g/mol. The second kappa shape index (κ2) is 9.67. The number of hydrogen-bond donors (Lipinski definition) is 2. The van der Waals surface area contributed by atoms with Gasteiger partial charge in [0.25, 0.3) is 0 Å². The molecule has 1 aromatic carbocycles. The van der Waals surface area contributed by atoms with Crippen LogP contribution in [0.2, 0.25) is 0 Å². The van der Waals surface area contributed by atoms with Crippen LogP contribution in [0, 0.1) is 5.82 Å². The summed E-state index contributed by atoms with van der Waals surface area (Å²) in [5.41, 5.74) is 5.89. The summed E-state index contributed by atoms with van der Waals surface area (Å²) in [5, 5.41) is 2.56. The molecule has 2 atom stereocenters. The number of nitrogens with two attached hydrogens (primary N) is 1. The third kappa shape index (κ3) is 5.95. The van der Waals surface area contributed by atoms with Gasteiger partial charge in [-0.3, -0.25) is 4.79 Å². The number of nitrogens with one attached hydrogen (secondary N) is 1. The fourth-order valence-corrected chi connectivity index (χ4v) is 2.16. The molecule has 1 aliphatic rings. The molecule has 1 heterocycles. The second-order valence-corrected chi connectivity index (χ2v) is 5.14. The first-order valence-corrected chi connectivity index (χ1v) is 7.19. The molecular formula is C15H22ClFN2O4. The molecule has 3 N–H and O–H groups in total. The van der Waals surface area contributed by atoms with E-state index in [0.29, 0.717) is 12.4 Å². The molecule has 0 radical (unpaired) electrons. The van der Waals surface area contributed by atoms with Crippen LogP contribution in [0.4, 0.5) is 10.1 Å². The van der Waals surface area contributed by atoms with Gasteiger partial charge in [0.15, 0.2) is 0 Å². The molecule has 1 aliphatic heterocycles. The number of hydrogen-bond acceptors (Lipinski definition) is 5. The Bertz CT molecular complexity index is 512. The van der Waals surface area contributed by atoms with E-state index in [1.807, 2.05) is 0 Å². The van der Waals surface area contributed by atoms with E-state index in [9.17, 15) is 9.18 Å². The molecule has 0 spiro atoms. The van der Waals surface area contributed by atoms with E-state index in [-0.39, 0.29) is 30.8 Å². The van der Waals surface area contributed by atoms with Gasteiger partial charge >= 0.3 is 0 Å². The molecule has 0 aromatic heterocycles. The van der Waals surface area contributed by atoms with E-state index in [0.717, 1.165) is 19.4 Å². The van der Waals surface area contributed by atoms with E-state index in [2.05, 4.69) is 5.32 Å². The highest BCUT2D eigenvalue weighted by Gasteiger charge is 2.19. The molecular weight excluding hydrogens is 327 g/mol. The molecule has 1 amide bonds. The summed E-state index contributed by atoms with van der Waals surface area (Å²) in [6, 6.07) is 3.11. The summed E-state index contributed by atoms with van der Waals surface area (Å²) in [7, 11) is 1.45. The van der Waals surface area contributed by atoms with Crippen molar-refractivity contribution in [3.8, 4) is 5.75 Å². The van der Waals surface area contributed by atoms with Gasteiger partial charge < -0.3 is 25.3 Å². The Labute approximate surface area is 140 Å². The predicted octanol–water partition coefficient (Wildman–Crippen LogP) is 1.72. The molecule has 0 bridgehead atoms. The Morgan fingerprint density at radius 3 is 3.00 bits per heavy atom. The monoisotopic (exact) mass is 348 g/mol. The summed E-state index contributed by atoms with van der Waals surface area (Å²) in [6.07, 6.45) is 1.97. The highest BCUT2D eigenvalue weighted by Crippen LogP contribution is 2.26. The first-order chi connectivity index (χ1) is 10.6. The lowest BCUT2D eigenvalue weighted by atomic mass is 10.2. The summed E-state index contributed by atoms with van der Waals surface area (Å²) in [6.45, 7) is 1.17. The van der Waals surface area contributed by atoms with E-state index >= 15 is 0 Å². The number of ether oxygens (including phenoxy) is 3. The first-order valence-electron chi connectivity index (χ1n) is 7.19. The lowest BCUT2D eigenvalue weighted by Gasteiger charge is -2.17. The van der Waals surface area contributed by atoms with Gasteiger partial charge in [-0.05, 0) is 25.0 Å². The largest absolute Gasteiger partial charge is 0.489 e. The zero-order valence-corrected chi connectivity index (χ0v) is 13.7. The molecule has 1 saturated heterocycles. The molecule has 6 nitrogen and oxygen atoms in total. The molecule has 2 unspecified atom stereocenters. The highest BCUT2D eigenvalue weighted by atomic mass is 35.5. The number of halogens is 2. The van der Waals surface area contributed by atoms with Crippen LogP contribution in [-0.4, -0.2) is 45.0 Å². The van der Waals surface area contributed by atoms with Crippen LogP contribution in [0.5, 0.6) is 5.75 Å². The summed E-state index contributed by atoms with van der Waals surface area (Å²) >= 11 is 0. The zero-order chi connectivity index (χ0) is 15.9. The van der Waals surface area contributed by atoms with Gasteiger partial charge in [-0.15, -0.1) is 12.4 Å². The van der Waals surface area contributed by atoms with Gasteiger partial charge in [-0.2, -0.15) is 0 Å². The maximum absolute atomic E-state index is 13.4. The maximum Gasteiger partial charge on any atom is 0.243 e. The van der Waals surface area contributed by atoms with Crippen molar-refractivity contribution < 1.29 is 23.4 Å². The minimum Gasteiger partial charge on any atom is -0.489 e. The Kier molecular flexibility index (Phi) is 8.25. The number of carbonyl (C=O) groups is 1. The Balaban J connectivity index is 0.00000264. The van der Waals surface area contributed by atoms with Crippen molar-refractivity contribution >= 4 is 24.0 Å². The van der Waals surface area contributed by atoms with Gasteiger partial charge in [0.2, 0.25) is 5.91 Å². The zero-order valence-electron chi connectivity index (χ0n) is 12.9. The molecule has 23 heavy (non-hydrogen) atoms. The number of amides is 1. The molecule has 8 heteroatoms. The predicted molar refractivity (Wildman–Crippen MR) is 86.6 cm³/mol. The fraction of sp³-hybridized carbons (Fsp3) is 0.533. The van der Waals surface area contributed by atoms with E-state index in [1.54, 1.807) is 0 Å². The number of carbonyl (C=O) groups excluding carboxylic acids is 1. The third-order valence-electron chi connectivity index (χ3n) is 3.33. The second-order valence-electron chi connectivity index (χ2n) is 5.14. The van der Waals surface area contributed by atoms with Gasteiger partial charge in [0, 0.05) is 19.8 Å². The van der Waals surface area contributed by atoms with Crippen LogP contribution in [0.25, 0.3) is 0 Å². The SMILES string of the molecule is COCC(N)C(=O)Nc1cc(F)ccc1OCC1CCCO1.Cl. The first kappa shape index (κ1) is 19.6. The normalized spacial score (nSPS) is 18.1. The van der Waals surface area contributed by atoms with Crippen LogP contribution in [0.15, 0.2) is 18.2 Å². The van der Waals surface area contributed by atoms with E-state index in [1.165, 1.54) is 25.3 Å². The Morgan fingerprint density at radius 1 is 1.57 bits per heavy atom. The molecule has 2 rings (SSSR count). The van der Waals surface area contributed by atoms with Crippen LogP contribution in [-0.2, 0) is 14.3 Å². The average Bonchev–Trinajstić information content (AvgIpc) is 3.00. The number of anilines is 1. The van der Waals surface area contributed by atoms with Gasteiger partial charge in [-0.1, -0.05) is 0 Å². The minimum absolute atomic E-state index is 0. The topological polar surface area (TPSA) is 82.8 Å². The smallest absolute Gasteiger partial charge is 0.243 e. The van der Waals surface area contributed by atoms with Crippen molar-refractivity contribution in [3.05, 3.63) is 24.0 Å². The van der Waals surface area contributed by atoms with Crippen molar-refractivity contribution in [1.82, 2.24) is 0 Å². The molecule has 1 aromatic rings. The van der Waals surface area contributed by atoms with Crippen molar-refractivity contribution in [2.24, 2.45) is 5.73 Å². The number of methoxy groups -OCH3 is 1. The minimum atomic E-state index is -0.834. The summed E-state index contributed by atoms with van der Waals surface area (Å²) < 4.78 is 29.3. The lowest BCUT2D eigenvalue weighted by molar-refractivity contribution is -0.118. The van der Waals surface area contributed by atoms with Gasteiger partial charge in [0.1, 0.15) is 24.2 Å². The van der Waals surface area contributed by atoms with Crippen LogP contribution in [0.3, 0.4) is 0 Å². The Hall–Kier alpha value is -1.41. The van der Waals surface area contributed by atoms with Crippen molar-refractivity contribution in [3.63, 3.8) is 0 Å². The number of benzene rings is 1. The molecule has 1 fully saturated rings. The van der Waals surface area contributed by atoms with Crippen molar-refractivity contribution in [2.75, 3.05) is 32.2 Å². The van der Waals surface area contributed by atoms with Crippen LogP contribution in [0.1, 0.15) is 12.8 Å². The summed E-state index contributed by atoms with van der Waals surface area (Å²) in [4.78, 5) is 11.9.